The van der Waals surface area contributed by atoms with Crippen molar-refractivity contribution in [3.05, 3.63) is 35.1 Å². The first-order valence-corrected chi connectivity index (χ1v) is 3.71. The maximum atomic E-state index is 13.1. The van der Waals surface area contributed by atoms with Crippen LogP contribution in [0.1, 0.15) is 15.9 Å². The number of hydrogen-bond donors (Lipinski definition) is 0. The van der Waals surface area contributed by atoms with Gasteiger partial charge in [0.05, 0.1) is 12.0 Å². The largest absolute Gasteiger partial charge is 0.389 e. The van der Waals surface area contributed by atoms with E-state index < -0.39 is 17.8 Å². The third-order valence-corrected chi connectivity index (χ3v) is 1.87. The topological polar surface area (TPSA) is 43.4 Å². The Morgan fingerprint density at radius 2 is 2.08 bits per heavy atom. The van der Waals surface area contributed by atoms with Crippen LogP contribution in [0.5, 0.6) is 0 Å². The van der Waals surface area contributed by atoms with Crippen LogP contribution in [-0.2, 0) is 16.0 Å². The Labute approximate surface area is 73.1 Å². The van der Waals surface area contributed by atoms with Crippen molar-refractivity contribution in [2.75, 3.05) is 0 Å². The second-order valence-corrected chi connectivity index (χ2v) is 2.70. The van der Waals surface area contributed by atoms with Gasteiger partial charge in [-0.15, -0.1) is 0 Å². The molecular formula is C9H5FO3. The summed E-state index contributed by atoms with van der Waals surface area (Å²) in [5, 5.41) is 0. The van der Waals surface area contributed by atoms with E-state index in [0.717, 1.165) is 0 Å². The number of carbonyl (C=O) groups is 2. The van der Waals surface area contributed by atoms with E-state index in [4.69, 9.17) is 0 Å². The van der Waals surface area contributed by atoms with Gasteiger partial charge < -0.3 is 4.74 Å². The van der Waals surface area contributed by atoms with Crippen LogP contribution in [0, 0.1) is 5.82 Å². The number of hydrogen-bond acceptors (Lipinski definition) is 3. The van der Waals surface area contributed by atoms with Crippen LogP contribution in [0.2, 0.25) is 0 Å². The van der Waals surface area contributed by atoms with Crippen LogP contribution >= 0.6 is 0 Å². The number of cyclic esters (lactones) is 2. The molecule has 0 bridgehead atoms. The van der Waals surface area contributed by atoms with Gasteiger partial charge in [-0.05, 0) is 12.1 Å². The molecule has 3 nitrogen and oxygen atoms in total. The normalized spacial score (nSPS) is 15.2. The van der Waals surface area contributed by atoms with Crippen molar-refractivity contribution in [2.45, 2.75) is 6.42 Å². The zero-order valence-corrected chi connectivity index (χ0v) is 6.54. The first-order chi connectivity index (χ1) is 6.18. The maximum Gasteiger partial charge on any atom is 0.346 e. The summed E-state index contributed by atoms with van der Waals surface area (Å²) in [5.74, 6) is -2.02. The summed E-state index contributed by atoms with van der Waals surface area (Å²) in [5.41, 5.74) is 0.267. The smallest absolute Gasteiger partial charge is 0.346 e. The summed E-state index contributed by atoms with van der Waals surface area (Å²) in [6.07, 6.45) is -0.173. The lowest BCUT2D eigenvalue weighted by Gasteiger charge is -2.13. The molecular weight excluding hydrogens is 175 g/mol. The van der Waals surface area contributed by atoms with Gasteiger partial charge in [-0.2, -0.15) is 0 Å². The van der Waals surface area contributed by atoms with Gasteiger partial charge in [0.2, 0.25) is 0 Å². The van der Waals surface area contributed by atoms with Crippen LogP contribution in [0.15, 0.2) is 18.2 Å². The molecule has 0 amide bonds. The minimum Gasteiger partial charge on any atom is -0.389 e. The van der Waals surface area contributed by atoms with Gasteiger partial charge in [-0.3, -0.25) is 4.79 Å². The summed E-state index contributed by atoms with van der Waals surface area (Å²) in [7, 11) is 0. The fourth-order valence-electron chi connectivity index (χ4n) is 1.27. The number of rotatable bonds is 0. The van der Waals surface area contributed by atoms with Crippen molar-refractivity contribution in [3.63, 3.8) is 0 Å². The molecule has 0 saturated heterocycles. The lowest BCUT2D eigenvalue weighted by atomic mass is 10.0. The molecule has 1 heterocycles. The SMILES string of the molecule is O=C1Cc2c(F)cccc2C(=O)O1. The Morgan fingerprint density at radius 3 is 2.85 bits per heavy atom. The summed E-state index contributed by atoms with van der Waals surface area (Å²) in [6, 6.07) is 4.06. The molecule has 0 unspecified atom stereocenters. The van der Waals surface area contributed by atoms with Gasteiger partial charge in [0.25, 0.3) is 0 Å². The molecule has 0 aromatic heterocycles. The number of carbonyl (C=O) groups excluding carboxylic acids is 2. The molecule has 1 aromatic rings. The Hall–Kier alpha value is -1.71. The van der Waals surface area contributed by atoms with E-state index in [9.17, 15) is 14.0 Å². The molecule has 0 fully saturated rings. The molecule has 0 aliphatic carbocycles. The predicted molar refractivity (Wildman–Crippen MR) is 40.5 cm³/mol. The maximum absolute atomic E-state index is 13.1. The fraction of sp³-hybridized carbons (Fsp3) is 0.111. The van der Waals surface area contributed by atoms with Crippen molar-refractivity contribution in [3.8, 4) is 0 Å². The van der Waals surface area contributed by atoms with Crippen molar-refractivity contribution >= 4 is 11.9 Å². The number of benzene rings is 1. The highest BCUT2D eigenvalue weighted by molar-refractivity contribution is 6.02. The first kappa shape index (κ1) is 7.91. The summed E-state index contributed by atoms with van der Waals surface area (Å²) in [6.45, 7) is 0. The van der Waals surface area contributed by atoms with Crippen molar-refractivity contribution in [2.24, 2.45) is 0 Å². The Balaban J connectivity index is 2.61. The highest BCUT2D eigenvalue weighted by Crippen LogP contribution is 2.19. The third-order valence-electron chi connectivity index (χ3n) is 1.87. The third kappa shape index (κ3) is 1.20. The Kier molecular flexibility index (Phi) is 1.62. The van der Waals surface area contributed by atoms with Gasteiger partial charge in [0.15, 0.2) is 0 Å². The van der Waals surface area contributed by atoms with E-state index in [1.54, 1.807) is 0 Å². The molecule has 0 N–H and O–H groups in total. The van der Waals surface area contributed by atoms with Crippen LogP contribution in [0.4, 0.5) is 4.39 Å². The summed E-state index contributed by atoms with van der Waals surface area (Å²) in [4.78, 5) is 21.8. The standard InChI is InChI=1S/C9H5FO3/c10-7-3-1-2-5-6(7)4-8(11)13-9(5)12/h1-3H,4H2. The number of halogens is 1. The zero-order chi connectivity index (χ0) is 9.42. The molecule has 1 aliphatic rings. The van der Waals surface area contributed by atoms with Crippen LogP contribution in [0.25, 0.3) is 0 Å². The lowest BCUT2D eigenvalue weighted by molar-refractivity contribution is -0.137. The van der Waals surface area contributed by atoms with Gasteiger partial charge in [-0.25, -0.2) is 9.18 Å². The summed E-state index contributed by atoms with van der Waals surface area (Å²) < 4.78 is 17.4. The van der Waals surface area contributed by atoms with Crippen LogP contribution in [0.3, 0.4) is 0 Å². The highest BCUT2D eigenvalue weighted by atomic mass is 19.1. The lowest BCUT2D eigenvalue weighted by Crippen LogP contribution is -2.23. The molecule has 13 heavy (non-hydrogen) atoms. The minimum atomic E-state index is -0.772. The quantitative estimate of drug-likeness (QED) is 0.443. The first-order valence-electron chi connectivity index (χ1n) is 3.71. The predicted octanol–water partition coefficient (Wildman–Crippen LogP) is 1.07. The van der Waals surface area contributed by atoms with E-state index in [1.165, 1.54) is 18.2 Å². The molecule has 0 radical (unpaired) electrons. The minimum absolute atomic E-state index is 0.128. The second-order valence-electron chi connectivity index (χ2n) is 2.70. The van der Waals surface area contributed by atoms with Gasteiger partial charge in [-0.1, -0.05) is 6.07 Å². The number of fused-ring (bicyclic) bond motifs is 1. The van der Waals surface area contributed by atoms with E-state index in [1.807, 2.05) is 0 Å². The molecule has 66 valence electrons. The average molecular weight is 180 g/mol. The Bertz CT molecular complexity index is 398. The fourth-order valence-corrected chi connectivity index (χ4v) is 1.27. The molecule has 1 aliphatic heterocycles. The van der Waals surface area contributed by atoms with Crippen LogP contribution < -0.4 is 0 Å². The molecule has 0 saturated carbocycles. The van der Waals surface area contributed by atoms with Crippen molar-refractivity contribution < 1.29 is 18.7 Å². The second kappa shape index (κ2) is 2.65. The average Bonchev–Trinajstić information content (AvgIpc) is 2.07. The van der Waals surface area contributed by atoms with E-state index in [0.29, 0.717) is 0 Å². The molecule has 0 atom stereocenters. The van der Waals surface area contributed by atoms with Gasteiger partial charge in [0, 0.05) is 5.56 Å². The zero-order valence-electron chi connectivity index (χ0n) is 6.54. The molecule has 1 aromatic carbocycles. The Morgan fingerprint density at radius 1 is 1.31 bits per heavy atom. The van der Waals surface area contributed by atoms with Crippen molar-refractivity contribution in [1.29, 1.82) is 0 Å². The number of esters is 2. The molecule has 2 rings (SSSR count). The van der Waals surface area contributed by atoms with Gasteiger partial charge in [0.1, 0.15) is 5.82 Å². The van der Waals surface area contributed by atoms with Gasteiger partial charge >= 0.3 is 11.9 Å². The molecule has 4 heteroatoms. The van der Waals surface area contributed by atoms with E-state index >= 15 is 0 Å². The highest BCUT2D eigenvalue weighted by Gasteiger charge is 2.26. The van der Waals surface area contributed by atoms with Crippen molar-refractivity contribution in [1.82, 2.24) is 0 Å². The van der Waals surface area contributed by atoms with E-state index in [2.05, 4.69) is 4.74 Å². The summed E-state index contributed by atoms with van der Waals surface area (Å²) >= 11 is 0. The molecule has 0 spiro atoms. The monoisotopic (exact) mass is 180 g/mol. The van der Waals surface area contributed by atoms with E-state index in [-0.39, 0.29) is 17.5 Å². The number of ether oxygens (including phenoxy) is 1. The van der Waals surface area contributed by atoms with Crippen LogP contribution in [-0.4, -0.2) is 11.9 Å².